The SMILES string of the molecule is CCCCS(=O)(=O)Nc1ccc(S(=O)(=O)N2CCCC2CN)cc1.Cl. The van der Waals surface area contributed by atoms with Gasteiger partial charge in [0.15, 0.2) is 0 Å². The van der Waals surface area contributed by atoms with E-state index < -0.39 is 20.0 Å². The third kappa shape index (κ3) is 5.55. The zero-order valence-corrected chi connectivity index (χ0v) is 16.7. The Hall–Kier alpha value is -0.870. The average Bonchev–Trinajstić information content (AvgIpc) is 3.02. The van der Waals surface area contributed by atoms with Crippen molar-refractivity contribution in [2.75, 3.05) is 23.6 Å². The summed E-state index contributed by atoms with van der Waals surface area (Å²) in [5, 5.41) is 0. The minimum atomic E-state index is -3.60. The van der Waals surface area contributed by atoms with Crippen molar-refractivity contribution >= 4 is 38.1 Å². The van der Waals surface area contributed by atoms with Crippen LogP contribution in [0.5, 0.6) is 0 Å². The van der Waals surface area contributed by atoms with Gasteiger partial charge in [0.05, 0.1) is 10.6 Å². The van der Waals surface area contributed by atoms with Crippen LogP contribution in [0.25, 0.3) is 0 Å². The molecule has 0 bridgehead atoms. The first-order chi connectivity index (χ1) is 11.3. The minimum absolute atomic E-state index is 0. The molecule has 1 heterocycles. The summed E-state index contributed by atoms with van der Waals surface area (Å²) in [6.07, 6.45) is 2.94. The lowest BCUT2D eigenvalue weighted by molar-refractivity contribution is 0.393. The maximum absolute atomic E-state index is 12.7. The molecule has 0 aliphatic carbocycles. The van der Waals surface area contributed by atoms with Gasteiger partial charge in [0, 0.05) is 24.8 Å². The fourth-order valence-corrected chi connectivity index (χ4v) is 5.73. The van der Waals surface area contributed by atoms with Gasteiger partial charge in [-0.15, -0.1) is 12.4 Å². The summed E-state index contributed by atoms with van der Waals surface area (Å²) >= 11 is 0. The maximum Gasteiger partial charge on any atom is 0.243 e. The summed E-state index contributed by atoms with van der Waals surface area (Å²) < 4.78 is 53.0. The summed E-state index contributed by atoms with van der Waals surface area (Å²) in [5.74, 6) is 0.0511. The monoisotopic (exact) mass is 411 g/mol. The van der Waals surface area contributed by atoms with Gasteiger partial charge in [-0.1, -0.05) is 13.3 Å². The Morgan fingerprint density at radius 2 is 1.84 bits per heavy atom. The third-order valence-electron chi connectivity index (χ3n) is 4.10. The van der Waals surface area contributed by atoms with Crippen LogP contribution >= 0.6 is 12.4 Å². The molecule has 1 saturated heterocycles. The molecule has 0 spiro atoms. The lowest BCUT2D eigenvalue weighted by atomic mass is 10.2. The number of nitrogens with two attached hydrogens (primary N) is 1. The first kappa shape index (κ1) is 22.2. The molecule has 1 unspecified atom stereocenters. The minimum Gasteiger partial charge on any atom is -0.329 e. The Morgan fingerprint density at radius 1 is 1.20 bits per heavy atom. The van der Waals surface area contributed by atoms with Gasteiger partial charge in [-0.2, -0.15) is 4.31 Å². The number of rotatable bonds is 8. The van der Waals surface area contributed by atoms with Crippen LogP contribution in [-0.2, 0) is 20.0 Å². The van der Waals surface area contributed by atoms with E-state index >= 15 is 0 Å². The van der Waals surface area contributed by atoms with Crippen LogP contribution in [0.1, 0.15) is 32.6 Å². The van der Waals surface area contributed by atoms with E-state index in [1.165, 1.54) is 28.6 Å². The molecule has 7 nitrogen and oxygen atoms in total. The van der Waals surface area contributed by atoms with Crippen molar-refractivity contribution in [2.45, 2.75) is 43.5 Å². The Bertz CT molecular complexity index is 751. The first-order valence-corrected chi connectivity index (χ1v) is 11.2. The van der Waals surface area contributed by atoms with E-state index in [-0.39, 0.29) is 29.1 Å². The highest BCUT2D eigenvalue weighted by Crippen LogP contribution is 2.26. The number of halogens is 1. The molecule has 144 valence electrons. The van der Waals surface area contributed by atoms with Gasteiger partial charge < -0.3 is 5.73 Å². The standard InChI is InChI=1S/C15H25N3O4S2.ClH/c1-2-3-11-23(19,20)17-13-6-8-15(9-7-13)24(21,22)18-10-4-5-14(18)12-16;/h6-9,14,17H,2-5,10-12,16H2,1H3;1H. The highest BCUT2D eigenvalue weighted by atomic mass is 35.5. The molecule has 1 aromatic rings. The quantitative estimate of drug-likeness (QED) is 0.677. The van der Waals surface area contributed by atoms with Crippen LogP contribution in [0, 0.1) is 0 Å². The number of unbranched alkanes of at least 4 members (excludes halogenated alkanes) is 1. The second-order valence-electron chi connectivity index (χ2n) is 5.95. The molecule has 1 aliphatic heterocycles. The van der Waals surface area contributed by atoms with Crippen LogP contribution in [0.2, 0.25) is 0 Å². The Kier molecular flexibility index (Phi) is 8.14. The Labute approximate surface area is 156 Å². The van der Waals surface area contributed by atoms with E-state index in [0.717, 1.165) is 19.3 Å². The summed E-state index contributed by atoms with van der Waals surface area (Å²) in [6, 6.07) is 5.65. The summed E-state index contributed by atoms with van der Waals surface area (Å²) in [5.41, 5.74) is 6.01. The van der Waals surface area contributed by atoms with Gasteiger partial charge in [-0.05, 0) is 43.5 Å². The highest BCUT2D eigenvalue weighted by molar-refractivity contribution is 7.92. The van der Waals surface area contributed by atoms with Crippen LogP contribution in [-0.4, -0.2) is 46.0 Å². The summed E-state index contributed by atoms with van der Waals surface area (Å²) in [7, 11) is -7.00. The van der Waals surface area contributed by atoms with E-state index in [1.54, 1.807) is 0 Å². The van der Waals surface area contributed by atoms with Crippen molar-refractivity contribution in [3.8, 4) is 0 Å². The smallest absolute Gasteiger partial charge is 0.243 e. The molecular formula is C15H26ClN3O4S2. The van der Waals surface area contributed by atoms with Crippen molar-refractivity contribution < 1.29 is 16.8 Å². The molecular weight excluding hydrogens is 386 g/mol. The molecule has 1 atom stereocenters. The van der Waals surface area contributed by atoms with Crippen molar-refractivity contribution in [3.63, 3.8) is 0 Å². The molecule has 3 N–H and O–H groups in total. The zero-order valence-electron chi connectivity index (χ0n) is 14.2. The molecule has 0 aromatic heterocycles. The van der Waals surface area contributed by atoms with Crippen molar-refractivity contribution in [1.29, 1.82) is 0 Å². The third-order valence-corrected chi connectivity index (χ3v) is 7.43. The van der Waals surface area contributed by atoms with Crippen LogP contribution in [0.4, 0.5) is 5.69 Å². The van der Waals surface area contributed by atoms with Crippen LogP contribution in [0.3, 0.4) is 0 Å². The van der Waals surface area contributed by atoms with Crippen LogP contribution in [0.15, 0.2) is 29.2 Å². The van der Waals surface area contributed by atoms with E-state index in [1.807, 2.05) is 6.92 Å². The van der Waals surface area contributed by atoms with Gasteiger partial charge in [-0.3, -0.25) is 4.72 Å². The van der Waals surface area contributed by atoms with E-state index in [4.69, 9.17) is 5.73 Å². The number of nitrogens with one attached hydrogen (secondary N) is 1. The number of sulfonamides is 2. The van der Waals surface area contributed by atoms with Crippen molar-refractivity contribution in [2.24, 2.45) is 5.73 Å². The van der Waals surface area contributed by atoms with Gasteiger partial charge in [0.2, 0.25) is 20.0 Å². The molecule has 1 aliphatic rings. The maximum atomic E-state index is 12.7. The van der Waals surface area contributed by atoms with Gasteiger partial charge >= 0.3 is 0 Å². The van der Waals surface area contributed by atoms with E-state index in [0.29, 0.717) is 25.2 Å². The zero-order chi connectivity index (χ0) is 17.8. The predicted octanol–water partition coefficient (Wildman–Crippen LogP) is 1.76. The second kappa shape index (κ2) is 9.18. The number of benzene rings is 1. The normalized spacial score (nSPS) is 18.7. The van der Waals surface area contributed by atoms with Crippen molar-refractivity contribution in [3.05, 3.63) is 24.3 Å². The van der Waals surface area contributed by atoms with Crippen molar-refractivity contribution in [1.82, 2.24) is 4.31 Å². The summed E-state index contributed by atoms with van der Waals surface area (Å²) in [6.45, 7) is 2.69. The predicted molar refractivity (Wildman–Crippen MR) is 102 cm³/mol. The average molecular weight is 412 g/mol. The van der Waals surface area contributed by atoms with Gasteiger partial charge in [0.1, 0.15) is 0 Å². The molecule has 0 amide bonds. The number of nitrogens with zero attached hydrogens (tertiary/aromatic N) is 1. The topological polar surface area (TPSA) is 110 Å². The molecule has 1 fully saturated rings. The number of anilines is 1. The molecule has 1 aromatic carbocycles. The second-order valence-corrected chi connectivity index (χ2v) is 9.68. The molecule has 0 saturated carbocycles. The fourth-order valence-electron chi connectivity index (χ4n) is 2.76. The lowest BCUT2D eigenvalue weighted by Crippen LogP contribution is -2.39. The molecule has 0 radical (unpaired) electrons. The Morgan fingerprint density at radius 3 is 2.40 bits per heavy atom. The highest BCUT2D eigenvalue weighted by Gasteiger charge is 2.34. The van der Waals surface area contributed by atoms with Gasteiger partial charge in [-0.25, -0.2) is 16.8 Å². The first-order valence-electron chi connectivity index (χ1n) is 8.12. The lowest BCUT2D eigenvalue weighted by Gasteiger charge is -2.22. The largest absolute Gasteiger partial charge is 0.329 e. The fraction of sp³-hybridized carbons (Fsp3) is 0.600. The van der Waals surface area contributed by atoms with Crippen LogP contribution < -0.4 is 10.5 Å². The summed E-state index contributed by atoms with van der Waals surface area (Å²) in [4.78, 5) is 0.152. The number of hydrogen-bond donors (Lipinski definition) is 2. The number of hydrogen-bond acceptors (Lipinski definition) is 5. The molecule has 25 heavy (non-hydrogen) atoms. The van der Waals surface area contributed by atoms with E-state index in [9.17, 15) is 16.8 Å². The molecule has 2 rings (SSSR count). The Balaban J connectivity index is 0.00000312. The van der Waals surface area contributed by atoms with Gasteiger partial charge in [0.25, 0.3) is 0 Å². The molecule has 10 heteroatoms. The van der Waals surface area contributed by atoms with E-state index in [2.05, 4.69) is 4.72 Å².